The van der Waals surface area contributed by atoms with Crippen molar-refractivity contribution in [2.24, 2.45) is 0 Å². The van der Waals surface area contributed by atoms with Gasteiger partial charge in [0, 0.05) is 36.9 Å². The highest BCUT2D eigenvalue weighted by Crippen LogP contribution is 2.30. The third-order valence-electron chi connectivity index (χ3n) is 7.13. The highest BCUT2D eigenvalue weighted by atomic mass is 35.5. The summed E-state index contributed by atoms with van der Waals surface area (Å²) in [6.45, 7) is 2.96. The van der Waals surface area contributed by atoms with Gasteiger partial charge in [0.15, 0.2) is 0 Å². The van der Waals surface area contributed by atoms with E-state index in [1.807, 2.05) is 91.0 Å². The molecule has 0 aliphatic rings. The Balaban J connectivity index is 1.71. The van der Waals surface area contributed by atoms with E-state index in [4.69, 9.17) is 11.6 Å². The number of carbonyl (C=O) groups excluding carboxylic acids is 2. The molecule has 5 heteroatoms. The Morgan fingerprint density at radius 1 is 0.775 bits per heavy atom. The van der Waals surface area contributed by atoms with Crippen molar-refractivity contribution in [3.8, 4) is 0 Å². The molecule has 1 N–H and O–H groups in total. The van der Waals surface area contributed by atoms with Crippen LogP contribution in [0, 0.1) is 0 Å². The van der Waals surface area contributed by atoms with Crippen molar-refractivity contribution in [3.05, 3.63) is 143 Å². The SMILES string of the molecule is CCCCNC(=O)[C@H](Cc1ccccc1)N(Cc1cccc(Cl)c1)C(=O)CC(c1ccccc1)c1ccccc1. The van der Waals surface area contributed by atoms with E-state index in [9.17, 15) is 9.59 Å². The van der Waals surface area contributed by atoms with Crippen LogP contribution in [0.2, 0.25) is 5.02 Å². The number of unbranched alkanes of at least 4 members (excludes halogenated alkanes) is 1. The summed E-state index contributed by atoms with van der Waals surface area (Å²) in [5.41, 5.74) is 4.02. The Bertz CT molecular complexity index is 1310. The fourth-order valence-corrected chi connectivity index (χ4v) is 5.20. The van der Waals surface area contributed by atoms with Crippen molar-refractivity contribution < 1.29 is 9.59 Å². The Morgan fingerprint density at radius 2 is 1.35 bits per heavy atom. The van der Waals surface area contributed by atoms with Crippen molar-refractivity contribution in [2.75, 3.05) is 6.54 Å². The number of carbonyl (C=O) groups is 2. The minimum Gasteiger partial charge on any atom is -0.354 e. The molecule has 4 aromatic rings. The number of nitrogens with one attached hydrogen (secondary N) is 1. The molecule has 0 spiro atoms. The average Bonchev–Trinajstić information content (AvgIpc) is 2.99. The molecule has 0 aromatic heterocycles. The first kappa shape index (κ1) is 29.1. The van der Waals surface area contributed by atoms with Crippen molar-refractivity contribution in [2.45, 2.75) is 51.1 Å². The maximum Gasteiger partial charge on any atom is 0.243 e. The second-order valence-corrected chi connectivity index (χ2v) is 10.5. The van der Waals surface area contributed by atoms with Gasteiger partial charge >= 0.3 is 0 Å². The number of nitrogens with zero attached hydrogens (tertiary/aromatic N) is 1. The molecule has 0 fully saturated rings. The van der Waals surface area contributed by atoms with E-state index in [0.29, 0.717) is 18.0 Å². The number of halogens is 1. The lowest BCUT2D eigenvalue weighted by Gasteiger charge is -2.33. The Labute approximate surface area is 243 Å². The fourth-order valence-electron chi connectivity index (χ4n) is 4.98. The molecule has 0 heterocycles. The predicted octanol–water partition coefficient (Wildman–Crippen LogP) is 7.42. The lowest BCUT2D eigenvalue weighted by atomic mass is 9.87. The predicted molar refractivity (Wildman–Crippen MR) is 163 cm³/mol. The van der Waals surface area contributed by atoms with Crippen LogP contribution in [0.4, 0.5) is 0 Å². The van der Waals surface area contributed by atoms with Crippen molar-refractivity contribution in [1.29, 1.82) is 0 Å². The van der Waals surface area contributed by atoms with Crippen LogP contribution in [0.3, 0.4) is 0 Å². The summed E-state index contributed by atoms with van der Waals surface area (Å²) in [6.07, 6.45) is 2.52. The van der Waals surface area contributed by atoms with Crippen LogP contribution in [0.25, 0.3) is 0 Å². The molecule has 4 nitrogen and oxygen atoms in total. The van der Waals surface area contributed by atoms with Crippen LogP contribution in [0.5, 0.6) is 0 Å². The van der Waals surface area contributed by atoms with E-state index in [2.05, 4.69) is 36.5 Å². The van der Waals surface area contributed by atoms with Crippen LogP contribution < -0.4 is 5.32 Å². The van der Waals surface area contributed by atoms with Gasteiger partial charge in [-0.05, 0) is 40.8 Å². The molecule has 0 saturated heterocycles. The molecular formula is C35H37ClN2O2. The Morgan fingerprint density at radius 3 is 1.93 bits per heavy atom. The Hall–Kier alpha value is -3.89. The average molecular weight is 553 g/mol. The van der Waals surface area contributed by atoms with Gasteiger partial charge in [-0.15, -0.1) is 0 Å². The third kappa shape index (κ3) is 8.30. The highest BCUT2D eigenvalue weighted by Gasteiger charge is 2.32. The standard InChI is InChI=1S/C35H37ClN2O2/c1-2-3-22-37-35(40)33(24-27-14-7-4-8-15-27)38(26-28-16-13-21-31(36)23-28)34(39)25-32(29-17-9-5-10-18-29)30-19-11-6-12-20-30/h4-21,23,32-33H,2-3,22,24-26H2,1H3,(H,37,40)/t33-/m0/s1. The fraction of sp³-hybridized carbons (Fsp3) is 0.257. The smallest absolute Gasteiger partial charge is 0.243 e. The summed E-state index contributed by atoms with van der Waals surface area (Å²) >= 11 is 6.33. The van der Waals surface area contributed by atoms with Crippen LogP contribution >= 0.6 is 11.6 Å². The van der Waals surface area contributed by atoms with Gasteiger partial charge in [0.2, 0.25) is 11.8 Å². The number of amides is 2. The Kier molecular flexibility index (Phi) is 10.9. The molecule has 40 heavy (non-hydrogen) atoms. The lowest BCUT2D eigenvalue weighted by Crippen LogP contribution is -2.51. The third-order valence-corrected chi connectivity index (χ3v) is 7.36. The van der Waals surface area contributed by atoms with Gasteiger partial charge in [-0.25, -0.2) is 0 Å². The first-order valence-electron chi connectivity index (χ1n) is 14.0. The molecule has 0 aliphatic carbocycles. The largest absolute Gasteiger partial charge is 0.354 e. The van der Waals surface area contributed by atoms with Crippen molar-refractivity contribution in [3.63, 3.8) is 0 Å². The molecule has 0 aliphatic heterocycles. The van der Waals surface area contributed by atoms with Gasteiger partial charge in [-0.2, -0.15) is 0 Å². The van der Waals surface area contributed by atoms with Crippen molar-refractivity contribution >= 4 is 23.4 Å². The van der Waals surface area contributed by atoms with Gasteiger partial charge in [-0.3, -0.25) is 9.59 Å². The molecule has 2 amide bonds. The topological polar surface area (TPSA) is 49.4 Å². The van der Waals surface area contributed by atoms with Gasteiger partial charge in [-0.1, -0.05) is 128 Å². The van der Waals surface area contributed by atoms with Crippen molar-refractivity contribution in [1.82, 2.24) is 10.2 Å². The number of hydrogen-bond donors (Lipinski definition) is 1. The van der Waals surface area contributed by atoms with Crippen LogP contribution in [-0.4, -0.2) is 29.3 Å². The second-order valence-electron chi connectivity index (χ2n) is 10.1. The zero-order valence-electron chi connectivity index (χ0n) is 23.0. The van der Waals surface area contributed by atoms with Gasteiger partial charge < -0.3 is 10.2 Å². The summed E-state index contributed by atoms with van der Waals surface area (Å²) in [6, 6.07) is 36.9. The summed E-state index contributed by atoms with van der Waals surface area (Å²) < 4.78 is 0. The first-order chi connectivity index (χ1) is 19.5. The summed E-state index contributed by atoms with van der Waals surface area (Å²) in [7, 11) is 0. The minimum atomic E-state index is -0.669. The van der Waals surface area contributed by atoms with Gasteiger partial charge in [0.05, 0.1) is 0 Å². The minimum absolute atomic E-state index is 0.0794. The zero-order valence-corrected chi connectivity index (χ0v) is 23.8. The van der Waals surface area contributed by atoms with Gasteiger partial charge in [0.25, 0.3) is 0 Å². The number of benzene rings is 4. The molecule has 0 saturated carbocycles. The quantitative estimate of drug-likeness (QED) is 0.175. The molecular weight excluding hydrogens is 516 g/mol. The van der Waals surface area contributed by atoms with E-state index < -0.39 is 6.04 Å². The van der Waals surface area contributed by atoms with Crippen LogP contribution in [0.1, 0.15) is 54.4 Å². The molecule has 0 bridgehead atoms. The lowest BCUT2D eigenvalue weighted by molar-refractivity contribution is -0.141. The van der Waals surface area contributed by atoms with E-state index in [0.717, 1.165) is 35.1 Å². The first-order valence-corrected chi connectivity index (χ1v) is 14.4. The molecule has 0 unspecified atom stereocenters. The van der Waals surface area contributed by atoms with Gasteiger partial charge in [0.1, 0.15) is 6.04 Å². The van der Waals surface area contributed by atoms with E-state index in [1.165, 1.54) is 0 Å². The number of hydrogen-bond acceptors (Lipinski definition) is 2. The van der Waals surface area contributed by atoms with Crippen LogP contribution in [0.15, 0.2) is 115 Å². The summed E-state index contributed by atoms with van der Waals surface area (Å²) in [5, 5.41) is 3.69. The molecule has 0 radical (unpaired) electrons. The maximum absolute atomic E-state index is 14.4. The maximum atomic E-state index is 14.4. The number of rotatable bonds is 13. The summed E-state index contributed by atoms with van der Waals surface area (Å²) in [5.74, 6) is -0.356. The van der Waals surface area contributed by atoms with Crippen LogP contribution in [-0.2, 0) is 22.6 Å². The zero-order chi connectivity index (χ0) is 28.2. The molecule has 206 valence electrons. The summed E-state index contributed by atoms with van der Waals surface area (Å²) in [4.78, 5) is 29.8. The molecule has 1 atom stereocenters. The second kappa shape index (κ2) is 15.0. The molecule has 4 aromatic carbocycles. The van der Waals surface area contributed by atoms with E-state index in [1.54, 1.807) is 4.90 Å². The van der Waals surface area contributed by atoms with E-state index in [-0.39, 0.29) is 30.7 Å². The normalized spacial score (nSPS) is 11.7. The monoisotopic (exact) mass is 552 g/mol. The molecule has 4 rings (SSSR count). The highest BCUT2D eigenvalue weighted by molar-refractivity contribution is 6.30. The van der Waals surface area contributed by atoms with E-state index >= 15 is 0 Å².